The molecule has 0 bridgehead atoms. The van der Waals surface area contributed by atoms with Crippen molar-refractivity contribution in [2.24, 2.45) is 0 Å². The zero-order valence-corrected chi connectivity index (χ0v) is 12.2. The van der Waals surface area contributed by atoms with Gasteiger partial charge in [-0.15, -0.1) is 5.10 Å². The van der Waals surface area contributed by atoms with Crippen LogP contribution < -0.4 is 5.32 Å². The van der Waals surface area contributed by atoms with E-state index in [0.717, 1.165) is 5.69 Å². The van der Waals surface area contributed by atoms with E-state index < -0.39 is 6.10 Å². The predicted octanol–water partition coefficient (Wildman–Crippen LogP) is 1.41. The quantitative estimate of drug-likeness (QED) is 0.784. The van der Waals surface area contributed by atoms with Crippen molar-refractivity contribution in [2.45, 2.75) is 39.5 Å². The third-order valence-corrected chi connectivity index (χ3v) is 2.91. The van der Waals surface area contributed by atoms with Crippen molar-refractivity contribution >= 4 is 17.4 Å². The molecule has 1 atom stereocenters. The highest BCUT2D eigenvalue weighted by atomic mass is 35.5. The highest BCUT2D eigenvalue weighted by Crippen LogP contribution is 2.11. The van der Waals surface area contributed by atoms with E-state index in [-0.39, 0.29) is 0 Å². The molecule has 0 saturated heterocycles. The second kappa shape index (κ2) is 6.62. The van der Waals surface area contributed by atoms with Crippen LogP contribution in [0.25, 0.3) is 0 Å². The molecule has 108 valence electrons. The average Bonchev–Trinajstić information content (AvgIpc) is 2.83. The van der Waals surface area contributed by atoms with Crippen LogP contribution in [0.3, 0.4) is 0 Å². The van der Waals surface area contributed by atoms with E-state index in [1.54, 1.807) is 23.9 Å². The smallest absolute Gasteiger partial charge is 0.134 e. The van der Waals surface area contributed by atoms with Crippen LogP contribution in [0, 0.1) is 6.92 Å². The summed E-state index contributed by atoms with van der Waals surface area (Å²) in [5.41, 5.74) is 0.765. The van der Waals surface area contributed by atoms with Gasteiger partial charge >= 0.3 is 0 Å². The molecule has 0 amide bonds. The highest BCUT2D eigenvalue weighted by molar-refractivity contribution is 6.29. The van der Waals surface area contributed by atoms with Crippen molar-refractivity contribution in [3.63, 3.8) is 0 Å². The summed E-state index contributed by atoms with van der Waals surface area (Å²) >= 11 is 5.86. The van der Waals surface area contributed by atoms with Crippen LogP contribution in [0.5, 0.6) is 0 Å². The Morgan fingerprint density at radius 3 is 2.95 bits per heavy atom. The summed E-state index contributed by atoms with van der Waals surface area (Å²) in [6, 6.07) is 1.65. The molecular weight excluding hydrogens is 280 g/mol. The molecule has 0 aliphatic heterocycles. The minimum Gasteiger partial charge on any atom is -0.391 e. The van der Waals surface area contributed by atoms with Gasteiger partial charge in [-0.2, -0.15) is 0 Å². The summed E-state index contributed by atoms with van der Waals surface area (Å²) in [5.74, 6) is 1.25. The van der Waals surface area contributed by atoms with Crippen LogP contribution in [-0.2, 0) is 13.1 Å². The van der Waals surface area contributed by atoms with Gasteiger partial charge in [0.25, 0.3) is 0 Å². The van der Waals surface area contributed by atoms with Crippen LogP contribution in [0.4, 0.5) is 5.82 Å². The van der Waals surface area contributed by atoms with E-state index in [1.165, 1.54) is 0 Å². The fourth-order valence-electron chi connectivity index (χ4n) is 1.66. The van der Waals surface area contributed by atoms with Crippen molar-refractivity contribution in [1.82, 2.24) is 25.0 Å². The van der Waals surface area contributed by atoms with Crippen LogP contribution in [-0.4, -0.2) is 36.2 Å². The summed E-state index contributed by atoms with van der Waals surface area (Å²) in [6.07, 6.45) is 2.08. The van der Waals surface area contributed by atoms with Crippen LogP contribution in [0.15, 0.2) is 12.3 Å². The summed E-state index contributed by atoms with van der Waals surface area (Å²) in [5, 5.41) is 21.0. The highest BCUT2D eigenvalue weighted by Gasteiger charge is 2.06. The SMILES string of the molecule is CCC(O)Cn1cc(CNc2cc(Cl)nc(C)n2)nn1. The first kappa shape index (κ1) is 14.7. The maximum Gasteiger partial charge on any atom is 0.134 e. The molecule has 0 aliphatic rings. The van der Waals surface area contributed by atoms with Gasteiger partial charge in [-0.05, 0) is 13.3 Å². The first-order chi connectivity index (χ1) is 9.56. The number of hydrogen-bond donors (Lipinski definition) is 2. The normalized spacial score (nSPS) is 12.4. The first-order valence-electron chi connectivity index (χ1n) is 6.39. The largest absolute Gasteiger partial charge is 0.391 e. The summed E-state index contributed by atoms with van der Waals surface area (Å²) in [7, 11) is 0. The average molecular weight is 297 g/mol. The van der Waals surface area contributed by atoms with Gasteiger partial charge in [0.1, 0.15) is 22.5 Å². The first-order valence-corrected chi connectivity index (χ1v) is 6.76. The fraction of sp³-hybridized carbons (Fsp3) is 0.500. The molecule has 0 radical (unpaired) electrons. The van der Waals surface area contributed by atoms with Crippen molar-refractivity contribution < 1.29 is 5.11 Å². The van der Waals surface area contributed by atoms with Crippen molar-refractivity contribution in [3.8, 4) is 0 Å². The number of nitrogens with zero attached hydrogens (tertiary/aromatic N) is 5. The Kier molecular flexibility index (Phi) is 4.86. The van der Waals surface area contributed by atoms with Crippen molar-refractivity contribution in [3.05, 3.63) is 28.9 Å². The second-order valence-electron chi connectivity index (χ2n) is 4.47. The lowest BCUT2D eigenvalue weighted by atomic mass is 10.3. The maximum absolute atomic E-state index is 9.55. The van der Waals surface area contributed by atoms with E-state index in [9.17, 15) is 5.11 Å². The monoisotopic (exact) mass is 296 g/mol. The number of anilines is 1. The Hall–Kier alpha value is -1.73. The Morgan fingerprint density at radius 1 is 1.45 bits per heavy atom. The zero-order valence-electron chi connectivity index (χ0n) is 11.4. The molecule has 0 aromatic carbocycles. The van der Waals surface area contributed by atoms with Gasteiger partial charge in [-0.25, -0.2) is 14.6 Å². The van der Waals surface area contributed by atoms with Crippen molar-refractivity contribution in [2.75, 3.05) is 5.32 Å². The van der Waals surface area contributed by atoms with Gasteiger partial charge in [0.15, 0.2) is 0 Å². The molecule has 2 aromatic heterocycles. The lowest BCUT2D eigenvalue weighted by Gasteiger charge is -2.06. The number of halogens is 1. The molecular formula is C12H17ClN6O. The Labute approximate surface area is 122 Å². The molecule has 2 rings (SSSR count). The molecule has 0 aliphatic carbocycles. The number of aliphatic hydroxyl groups excluding tert-OH is 1. The van der Waals surface area contributed by atoms with Crippen LogP contribution >= 0.6 is 11.6 Å². The molecule has 20 heavy (non-hydrogen) atoms. The Morgan fingerprint density at radius 2 is 2.25 bits per heavy atom. The van der Waals surface area contributed by atoms with Gasteiger partial charge in [-0.1, -0.05) is 23.7 Å². The molecule has 2 heterocycles. The van der Waals surface area contributed by atoms with Gasteiger partial charge < -0.3 is 10.4 Å². The van der Waals surface area contributed by atoms with Gasteiger partial charge in [0.2, 0.25) is 0 Å². The third kappa shape index (κ3) is 4.14. The fourth-order valence-corrected chi connectivity index (χ4v) is 1.88. The van der Waals surface area contributed by atoms with E-state index in [4.69, 9.17) is 11.6 Å². The van der Waals surface area contributed by atoms with E-state index in [2.05, 4.69) is 25.6 Å². The van der Waals surface area contributed by atoms with Gasteiger partial charge in [-0.3, -0.25) is 0 Å². The summed E-state index contributed by atoms with van der Waals surface area (Å²) in [6.45, 7) is 4.63. The standard InChI is InChI=1S/C12H17ClN6O/c1-3-10(20)7-19-6-9(17-18-19)5-14-12-4-11(13)15-8(2)16-12/h4,6,10,20H,3,5,7H2,1-2H3,(H,14,15,16). The number of hydrogen-bond acceptors (Lipinski definition) is 6. The van der Waals surface area contributed by atoms with E-state index >= 15 is 0 Å². The number of rotatable bonds is 6. The molecule has 1 unspecified atom stereocenters. The second-order valence-corrected chi connectivity index (χ2v) is 4.86. The van der Waals surface area contributed by atoms with Crippen molar-refractivity contribution in [1.29, 1.82) is 0 Å². The number of aryl methyl sites for hydroxylation is 1. The minimum absolute atomic E-state index is 0.398. The Bertz CT molecular complexity index is 553. The van der Waals surface area contributed by atoms with E-state index in [0.29, 0.717) is 36.3 Å². The zero-order chi connectivity index (χ0) is 14.5. The molecule has 2 N–H and O–H groups in total. The van der Waals surface area contributed by atoms with Gasteiger partial charge in [0, 0.05) is 6.07 Å². The lowest BCUT2D eigenvalue weighted by Crippen LogP contribution is -2.15. The molecule has 8 heteroatoms. The molecule has 7 nitrogen and oxygen atoms in total. The van der Waals surface area contributed by atoms with E-state index in [1.807, 2.05) is 6.92 Å². The van der Waals surface area contributed by atoms with Crippen LogP contribution in [0.1, 0.15) is 24.9 Å². The molecule has 0 spiro atoms. The number of nitrogens with one attached hydrogen (secondary N) is 1. The Balaban J connectivity index is 1.94. The summed E-state index contributed by atoms with van der Waals surface area (Å²) in [4.78, 5) is 8.21. The third-order valence-electron chi connectivity index (χ3n) is 2.71. The minimum atomic E-state index is -0.402. The maximum atomic E-state index is 9.55. The molecule has 0 saturated carbocycles. The van der Waals surface area contributed by atoms with Gasteiger partial charge in [0.05, 0.1) is 25.4 Å². The predicted molar refractivity (Wildman–Crippen MR) is 75.4 cm³/mol. The molecule has 2 aromatic rings. The number of aromatic nitrogens is 5. The van der Waals surface area contributed by atoms with Crippen LogP contribution in [0.2, 0.25) is 5.15 Å². The lowest BCUT2D eigenvalue weighted by molar-refractivity contribution is 0.144. The summed E-state index contributed by atoms with van der Waals surface area (Å²) < 4.78 is 1.63. The number of aliphatic hydroxyl groups is 1. The topological polar surface area (TPSA) is 88.8 Å². The molecule has 0 fully saturated rings.